The number of nitrogens with zero attached hydrogens (tertiary/aromatic N) is 2. The number of nitrogens with one attached hydrogen (secondary N) is 1. The summed E-state index contributed by atoms with van der Waals surface area (Å²) in [6, 6.07) is 8.49. The molecule has 198 valence electrons. The molecule has 2 aromatic rings. The third kappa shape index (κ3) is 7.41. The van der Waals surface area contributed by atoms with Crippen LogP contribution in [0.1, 0.15) is 25.8 Å². The Bertz CT molecular complexity index is 1170. The molecule has 0 unspecified atom stereocenters. The molecule has 0 saturated heterocycles. The molecule has 0 saturated carbocycles. The number of amides is 2. The fourth-order valence-corrected chi connectivity index (χ4v) is 4.78. The summed E-state index contributed by atoms with van der Waals surface area (Å²) in [4.78, 5) is 27.6. The summed E-state index contributed by atoms with van der Waals surface area (Å²) in [5, 5.41) is 3.41. The maximum absolute atomic E-state index is 13.6. The Balaban J connectivity index is 2.48. The third-order valence-corrected chi connectivity index (χ3v) is 7.29. The monoisotopic (exact) mass is 559 g/mol. The number of methoxy groups -OCH3 is 2. The highest BCUT2D eigenvalue weighted by atomic mass is 35.5. The summed E-state index contributed by atoms with van der Waals surface area (Å²) in [6.45, 7) is 3.24. The van der Waals surface area contributed by atoms with Gasteiger partial charge in [-0.25, -0.2) is 8.42 Å². The van der Waals surface area contributed by atoms with Crippen LogP contribution in [0.3, 0.4) is 0 Å². The number of anilines is 1. The largest absolute Gasteiger partial charge is 0.493 e. The molecule has 0 radical (unpaired) electrons. The van der Waals surface area contributed by atoms with Crippen LogP contribution in [0.4, 0.5) is 5.69 Å². The fourth-order valence-electron chi connectivity index (χ4n) is 3.43. The van der Waals surface area contributed by atoms with Gasteiger partial charge in [-0.2, -0.15) is 0 Å². The first-order valence-corrected chi connectivity index (χ1v) is 13.7. The van der Waals surface area contributed by atoms with Crippen molar-refractivity contribution in [1.82, 2.24) is 10.2 Å². The predicted molar refractivity (Wildman–Crippen MR) is 142 cm³/mol. The lowest BCUT2D eigenvalue weighted by Gasteiger charge is -2.32. The van der Waals surface area contributed by atoms with E-state index in [0.29, 0.717) is 40.1 Å². The van der Waals surface area contributed by atoms with Crippen molar-refractivity contribution in [1.29, 1.82) is 0 Å². The zero-order valence-corrected chi connectivity index (χ0v) is 23.2. The van der Waals surface area contributed by atoms with Gasteiger partial charge in [-0.3, -0.25) is 13.9 Å². The van der Waals surface area contributed by atoms with E-state index in [2.05, 4.69) is 5.32 Å². The van der Waals surface area contributed by atoms with Crippen molar-refractivity contribution in [3.8, 4) is 11.5 Å². The van der Waals surface area contributed by atoms with Gasteiger partial charge in [-0.15, -0.1) is 0 Å². The average molecular weight is 561 g/mol. The highest BCUT2D eigenvalue weighted by Crippen LogP contribution is 2.33. The number of ether oxygens (including phenoxy) is 2. The molecule has 2 amide bonds. The standard InChI is InChI=1S/C24H31Cl2N3O6S/c1-6-12-27-24(31)16(2)28(14-18-19(25)8-7-9-20(18)26)23(30)15-29(36(5,32)33)17-10-11-21(34-3)22(13-17)35-4/h7-11,13,16H,6,12,14-15H2,1-5H3,(H,27,31)/t16-/m0/s1. The number of hydrogen-bond donors (Lipinski definition) is 1. The third-order valence-electron chi connectivity index (χ3n) is 5.44. The molecular weight excluding hydrogens is 529 g/mol. The van der Waals surface area contributed by atoms with Crippen LogP contribution in [0.5, 0.6) is 11.5 Å². The van der Waals surface area contributed by atoms with Crippen LogP contribution in [0, 0.1) is 0 Å². The second-order valence-corrected chi connectivity index (χ2v) is 10.7. The minimum Gasteiger partial charge on any atom is -0.493 e. The first-order valence-electron chi connectivity index (χ1n) is 11.1. The molecule has 0 bridgehead atoms. The van der Waals surface area contributed by atoms with Crippen LogP contribution >= 0.6 is 23.2 Å². The van der Waals surface area contributed by atoms with Crippen molar-refractivity contribution in [2.24, 2.45) is 0 Å². The molecule has 1 atom stereocenters. The van der Waals surface area contributed by atoms with Gasteiger partial charge in [0.15, 0.2) is 11.5 Å². The molecular formula is C24H31Cl2N3O6S. The van der Waals surface area contributed by atoms with E-state index >= 15 is 0 Å². The molecule has 0 aromatic heterocycles. The number of carbonyl (C=O) groups is 2. The van der Waals surface area contributed by atoms with Crippen molar-refractivity contribution in [2.45, 2.75) is 32.9 Å². The van der Waals surface area contributed by atoms with Gasteiger partial charge >= 0.3 is 0 Å². The second-order valence-electron chi connectivity index (χ2n) is 8.00. The number of rotatable bonds is 12. The van der Waals surface area contributed by atoms with Crippen LogP contribution in [-0.4, -0.2) is 64.7 Å². The van der Waals surface area contributed by atoms with Gasteiger partial charge in [0, 0.05) is 34.8 Å². The van der Waals surface area contributed by atoms with Crippen LogP contribution in [0.2, 0.25) is 10.0 Å². The summed E-state index contributed by atoms with van der Waals surface area (Å²) in [5.74, 6) is -0.309. The van der Waals surface area contributed by atoms with E-state index in [1.54, 1.807) is 31.2 Å². The summed E-state index contributed by atoms with van der Waals surface area (Å²) >= 11 is 12.7. The second kappa shape index (κ2) is 13.0. The van der Waals surface area contributed by atoms with Gasteiger partial charge in [0.2, 0.25) is 21.8 Å². The molecule has 2 aromatic carbocycles. The highest BCUT2D eigenvalue weighted by Gasteiger charge is 2.31. The molecule has 0 aliphatic heterocycles. The Morgan fingerprint density at radius 2 is 1.67 bits per heavy atom. The molecule has 0 aliphatic rings. The van der Waals surface area contributed by atoms with Crippen molar-refractivity contribution in [3.05, 3.63) is 52.0 Å². The Morgan fingerprint density at radius 1 is 1.06 bits per heavy atom. The van der Waals surface area contributed by atoms with Gasteiger partial charge in [0.05, 0.1) is 26.2 Å². The van der Waals surface area contributed by atoms with E-state index in [9.17, 15) is 18.0 Å². The molecule has 9 nitrogen and oxygen atoms in total. The quantitative estimate of drug-likeness (QED) is 0.425. The average Bonchev–Trinajstić information content (AvgIpc) is 2.84. The smallest absolute Gasteiger partial charge is 0.244 e. The highest BCUT2D eigenvalue weighted by molar-refractivity contribution is 7.92. The van der Waals surface area contributed by atoms with E-state index < -0.39 is 28.5 Å². The number of sulfonamides is 1. The van der Waals surface area contributed by atoms with Gasteiger partial charge < -0.3 is 19.7 Å². The lowest BCUT2D eigenvalue weighted by Crippen LogP contribution is -2.51. The van der Waals surface area contributed by atoms with E-state index in [1.165, 1.54) is 31.3 Å². The van der Waals surface area contributed by atoms with Crippen molar-refractivity contribution in [2.75, 3.05) is 37.9 Å². The van der Waals surface area contributed by atoms with Crippen molar-refractivity contribution < 1.29 is 27.5 Å². The maximum Gasteiger partial charge on any atom is 0.244 e. The normalized spacial score (nSPS) is 12.0. The summed E-state index contributed by atoms with van der Waals surface area (Å²) in [6.07, 6.45) is 1.70. The van der Waals surface area contributed by atoms with Gasteiger partial charge in [0.1, 0.15) is 12.6 Å². The summed E-state index contributed by atoms with van der Waals surface area (Å²) in [7, 11) is -1.03. The van der Waals surface area contributed by atoms with Gasteiger partial charge in [-0.05, 0) is 37.6 Å². The first-order chi connectivity index (χ1) is 16.9. The predicted octanol–water partition coefficient (Wildman–Crippen LogP) is 3.72. The molecule has 0 heterocycles. The number of hydrogen-bond acceptors (Lipinski definition) is 6. The van der Waals surface area contributed by atoms with Crippen molar-refractivity contribution >= 4 is 50.7 Å². The minimum absolute atomic E-state index is 0.0956. The SMILES string of the molecule is CCCNC(=O)[C@H](C)N(Cc1c(Cl)cccc1Cl)C(=O)CN(c1ccc(OC)c(OC)c1)S(C)(=O)=O. The van der Waals surface area contributed by atoms with Crippen LogP contribution in [-0.2, 0) is 26.2 Å². The Kier molecular flexibility index (Phi) is 10.7. The lowest BCUT2D eigenvalue weighted by molar-refractivity contribution is -0.139. The maximum atomic E-state index is 13.6. The molecule has 12 heteroatoms. The zero-order valence-electron chi connectivity index (χ0n) is 20.9. The Hall–Kier alpha value is -2.69. The number of benzene rings is 2. The molecule has 0 aliphatic carbocycles. The molecule has 0 fully saturated rings. The Labute approximate surface area is 222 Å². The lowest BCUT2D eigenvalue weighted by atomic mass is 10.1. The number of halogens is 2. The number of carbonyl (C=O) groups excluding carboxylic acids is 2. The van der Waals surface area contributed by atoms with Crippen molar-refractivity contribution in [3.63, 3.8) is 0 Å². The van der Waals surface area contributed by atoms with E-state index in [-0.39, 0.29) is 18.1 Å². The molecule has 1 N–H and O–H groups in total. The molecule has 36 heavy (non-hydrogen) atoms. The van der Waals surface area contributed by atoms with Crippen LogP contribution in [0.25, 0.3) is 0 Å². The molecule has 2 rings (SSSR count). The summed E-state index contributed by atoms with van der Waals surface area (Å²) < 4.78 is 36.9. The first kappa shape index (κ1) is 29.5. The Morgan fingerprint density at radius 3 is 2.19 bits per heavy atom. The zero-order chi connectivity index (χ0) is 27.0. The fraction of sp³-hybridized carbons (Fsp3) is 0.417. The van der Waals surface area contributed by atoms with Gasteiger partial charge in [0.25, 0.3) is 0 Å². The van der Waals surface area contributed by atoms with E-state index in [1.807, 2.05) is 6.92 Å². The summed E-state index contributed by atoms with van der Waals surface area (Å²) in [5.41, 5.74) is 0.642. The topological polar surface area (TPSA) is 105 Å². The van der Waals surface area contributed by atoms with Crippen LogP contribution in [0.15, 0.2) is 36.4 Å². The minimum atomic E-state index is -3.90. The van der Waals surface area contributed by atoms with E-state index in [4.69, 9.17) is 32.7 Å². The van der Waals surface area contributed by atoms with Gasteiger partial charge in [-0.1, -0.05) is 36.2 Å². The van der Waals surface area contributed by atoms with Crippen LogP contribution < -0.4 is 19.1 Å². The van der Waals surface area contributed by atoms with E-state index in [0.717, 1.165) is 10.6 Å². The molecule has 0 spiro atoms.